The number of hydrogen-bond donors (Lipinski definition) is 3. The molecule has 4 atom stereocenters. The van der Waals surface area contributed by atoms with E-state index in [1.54, 1.807) is 32.9 Å². The van der Waals surface area contributed by atoms with E-state index in [9.17, 15) is 24.6 Å². The fraction of sp³-hybridized carbons (Fsp3) is 0.367. The quantitative estimate of drug-likeness (QED) is 0.218. The number of carbonyl (C=O) groups is 2. The SMILES string of the molecule is CO[C@@H]1[C@@H](OC(N)=O)[C@@H](O)[C@H](Oc2ccc3c(O)c(CC(=O)c4cccc5ccn(C)c45)c(=O)oc3c2C)OC1(C)C. The number of rotatable bonds is 7. The predicted molar refractivity (Wildman–Crippen MR) is 151 cm³/mol. The van der Waals surface area contributed by atoms with Gasteiger partial charge in [-0.15, -0.1) is 0 Å². The molecule has 0 bridgehead atoms. The molecule has 4 aromatic rings. The van der Waals surface area contributed by atoms with Gasteiger partial charge in [-0.2, -0.15) is 0 Å². The number of aliphatic hydroxyl groups is 1. The number of nitrogens with two attached hydrogens (primary N) is 1. The molecule has 0 saturated carbocycles. The van der Waals surface area contributed by atoms with Gasteiger partial charge in [0.05, 0.1) is 22.1 Å². The number of ketones is 1. The average Bonchev–Trinajstić information content (AvgIpc) is 3.31. The van der Waals surface area contributed by atoms with Gasteiger partial charge in [0.1, 0.15) is 23.2 Å². The number of para-hydroxylation sites is 1. The summed E-state index contributed by atoms with van der Waals surface area (Å²) in [5, 5.41) is 23.1. The van der Waals surface area contributed by atoms with Crippen molar-refractivity contribution in [2.75, 3.05) is 7.11 Å². The highest BCUT2D eigenvalue weighted by atomic mass is 16.7. The third-order valence-corrected chi connectivity index (χ3v) is 7.64. The molecule has 12 nitrogen and oxygen atoms in total. The molecule has 2 aromatic carbocycles. The molecule has 42 heavy (non-hydrogen) atoms. The normalized spacial score (nSPS) is 21.9. The Morgan fingerprint density at radius 1 is 1.17 bits per heavy atom. The number of benzene rings is 2. The maximum absolute atomic E-state index is 13.3. The molecule has 1 amide bonds. The van der Waals surface area contributed by atoms with Crippen molar-refractivity contribution >= 4 is 33.7 Å². The van der Waals surface area contributed by atoms with Gasteiger partial charge in [0.15, 0.2) is 18.0 Å². The highest BCUT2D eigenvalue weighted by molar-refractivity contribution is 6.08. The molecule has 0 spiro atoms. The number of carbonyl (C=O) groups excluding carboxylic acids is 2. The second-order valence-electron chi connectivity index (χ2n) is 10.8. The van der Waals surface area contributed by atoms with Gasteiger partial charge in [0.25, 0.3) is 0 Å². The minimum atomic E-state index is -1.49. The predicted octanol–water partition coefficient (Wildman–Crippen LogP) is 3.08. The van der Waals surface area contributed by atoms with Crippen LogP contribution in [0.1, 0.15) is 35.3 Å². The minimum absolute atomic E-state index is 0.0278. The van der Waals surface area contributed by atoms with Gasteiger partial charge < -0.3 is 43.9 Å². The molecule has 0 radical (unpaired) electrons. The fourth-order valence-corrected chi connectivity index (χ4v) is 5.59. The maximum Gasteiger partial charge on any atom is 0.404 e. The van der Waals surface area contributed by atoms with Crippen LogP contribution in [0.25, 0.3) is 21.9 Å². The summed E-state index contributed by atoms with van der Waals surface area (Å²) in [7, 11) is 3.20. The molecule has 1 aliphatic heterocycles. The minimum Gasteiger partial charge on any atom is -0.507 e. The van der Waals surface area contributed by atoms with Crippen LogP contribution in [0.15, 0.2) is 51.8 Å². The van der Waals surface area contributed by atoms with Gasteiger partial charge in [0, 0.05) is 43.3 Å². The van der Waals surface area contributed by atoms with Crippen molar-refractivity contribution in [1.82, 2.24) is 4.57 Å². The van der Waals surface area contributed by atoms with Crippen molar-refractivity contribution in [3.63, 3.8) is 0 Å². The highest BCUT2D eigenvalue weighted by Crippen LogP contribution is 2.38. The number of methoxy groups -OCH3 is 1. The number of primary amides is 1. The average molecular weight is 581 g/mol. The molecule has 3 heterocycles. The van der Waals surface area contributed by atoms with Crippen LogP contribution in [0, 0.1) is 6.92 Å². The summed E-state index contributed by atoms with van der Waals surface area (Å²) in [5.41, 5.74) is 4.58. The van der Waals surface area contributed by atoms with Crippen molar-refractivity contribution in [3.05, 3.63) is 69.7 Å². The number of ether oxygens (including phenoxy) is 4. The van der Waals surface area contributed by atoms with Crippen LogP contribution in [-0.4, -0.2) is 64.0 Å². The van der Waals surface area contributed by atoms with Gasteiger partial charge in [0.2, 0.25) is 6.29 Å². The molecule has 4 N–H and O–H groups in total. The molecule has 1 aliphatic rings. The zero-order chi connectivity index (χ0) is 30.5. The van der Waals surface area contributed by atoms with Crippen molar-refractivity contribution in [1.29, 1.82) is 0 Å². The number of nitrogens with zero attached hydrogens (tertiary/aromatic N) is 1. The van der Waals surface area contributed by atoms with E-state index >= 15 is 0 Å². The first-order valence-corrected chi connectivity index (χ1v) is 13.2. The van der Waals surface area contributed by atoms with E-state index in [1.165, 1.54) is 19.2 Å². The molecule has 1 fully saturated rings. The van der Waals surface area contributed by atoms with Crippen LogP contribution in [0.4, 0.5) is 4.79 Å². The number of amides is 1. The first-order valence-electron chi connectivity index (χ1n) is 13.2. The van der Waals surface area contributed by atoms with Crippen molar-refractivity contribution < 1.29 is 43.2 Å². The monoisotopic (exact) mass is 580 g/mol. The van der Waals surface area contributed by atoms with Crippen molar-refractivity contribution in [2.45, 2.75) is 57.4 Å². The first-order chi connectivity index (χ1) is 19.8. The van der Waals surface area contributed by atoms with Crippen LogP contribution in [0.3, 0.4) is 0 Å². The van der Waals surface area contributed by atoms with Crippen LogP contribution in [-0.2, 0) is 27.7 Å². The third-order valence-electron chi connectivity index (χ3n) is 7.64. The summed E-state index contributed by atoms with van der Waals surface area (Å²) in [5.74, 6) is -0.566. The van der Waals surface area contributed by atoms with Crippen LogP contribution in [0.2, 0.25) is 0 Å². The Balaban J connectivity index is 1.46. The second kappa shape index (κ2) is 10.8. The zero-order valence-corrected chi connectivity index (χ0v) is 23.7. The summed E-state index contributed by atoms with van der Waals surface area (Å²) < 4.78 is 29.9. The van der Waals surface area contributed by atoms with Gasteiger partial charge in [-0.1, -0.05) is 12.1 Å². The molecular weight excluding hydrogens is 548 g/mol. The first kappa shape index (κ1) is 29.1. The Morgan fingerprint density at radius 3 is 2.60 bits per heavy atom. The smallest absolute Gasteiger partial charge is 0.404 e. The molecular formula is C30H32N2O10. The number of aromatic hydroxyl groups is 1. The molecule has 1 saturated heterocycles. The third kappa shape index (κ3) is 4.97. The summed E-state index contributed by atoms with van der Waals surface area (Å²) in [6.45, 7) is 4.94. The summed E-state index contributed by atoms with van der Waals surface area (Å²) in [6.07, 6.45) is -4.52. The number of fused-ring (bicyclic) bond motifs is 2. The van der Waals surface area contributed by atoms with E-state index in [0.29, 0.717) is 11.1 Å². The number of hydrogen-bond acceptors (Lipinski definition) is 10. The maximum atomic E-state index is 13.3. The Bertz CT molecular complexity index is 1750. The number of aliphatic hydroxyl groups excluding tert-OH is 1. The molecule has 5 rings (SSSR count). The lowest BCUT2D eigenvalue weighted by Gasteiger charge is -2.47. The van der Waals surface area contributed by atoms with Gasteiger partial charge in [-0.05, 0) is 45.0 Å². The largest absolute Gasteiger partial charge is 0.507 e. The van der Waals surface area contributed by atoms with E-state index in [0.717, 1.165) is 10.9 Å². The van der Waals surface area contributed by atoms with Crippen molar-refractivity contribution in [3.8, 4) is 11.5 Å². The fourth-order valence-electron chi connectivity index (χ4n) is 5.59. The molecule has 12 heteroatoms. The van der Waals surface area contributed by atoms with Gasteiger partial charge >= 0.3 is 11.7 Å². The highest BCUT2D eigenvalue weighted by Gasteiger charge is 2.53. The van der Waals surface area contributed by atoms with Gasteiger partial charge in [-0.25, -0.2) is 9.59 Å². The number of Topliss-reactive ketones (excluding diaryl/α,β-unsaturated/α-hetero) is 1. The summed E-state index contributed by atoms with van der Waals surface area (Å²) in [6, 6.07) is 10.2. The molecule has 2 aromatic heterocycles. The Kier molecular flexibility index (Phi) is 7.48. The van der Waals surface area contributed by atoms with E-state index in [4.69, 9.17) is 29.1 Å². The van der Waals surface area contributed by atoms with Crippen LogP contribution in [0.5, 0.6) is 11.5 Å². The van der Waals surface area contributed by atoms with E-state index < -0.39 is 41.9 Å². The summed E-state index contributed by atoms with van der Waals surface area (Å²) in [4.78, 5) is 37.8. The van der Waals surface area contributed by atoms with E-state index in [2.05, 4.69) is 0 Å². The molecule has 0 unspecified atom stereocenters. The lowest BCUT2D eigenvalue weighted by atomic mass is 9.89. The lowest BCUT2D eigenvalue weighted by Crippen LogP contribution is -2.65. The number of aromatic nitrogens is 1. The Morgan fingerprint density at radius 2 is 1.90 bits per heavy atom. The Hall–Kier alpha value is -4.39. The molecule has 0 aliphatic carbocycles. The van der Waals surface area contributed by atoms with Gasteiger partial charge in [-0.3, -0.25) is 4.79 Å². The topological polar surface area (TPSA) is 173 Å². The van der Waals surface area contributed by atoms with E-state index in [1.807, 2.05) is 29.9 Å². The molecule has 222 valence electrons. The lowest BCUT2D eigenvalue weighted by molar-refractivity contribution is -0.304. The zero-order valence-electron chi connectivity index (χ0n) is 23.7. The summed E-state index contributed by atoms with van der Waals surface area (Å²) >= 11 is 0. The van der Waals surface area contributed by atoms with Crippen molar-refractivity contribution in [2.24, 2.45) is 12.8 Å². The van der Waals surface area contributed by atoms with Crippen LogP contribution < -0.4 is 16.1 Å². The second-order valence-corrected chi connectivity index (χ2v) is 10.8. The van der Waals surface area contributed by atoms with E-state index in [-0.39, 0.29) is 40.2 Å². The Labute approximate surface area is 240 Å². The number of aryl methyl sites for hydroxylation is 2. The standard InChI is InChI=1S/C30H32N2O10/c1-14-20(39-28-23(35)25(41-29(31)37)26(38-5)30(2,3)42-28)10-9-17-22(34)18(27(36)40-24(14)17)13-19(33)16-8-6-7-15-11-12-32(4)21(15)16/h6-12,23,25-26,28,34-35H,13H2,1-5H3,(H2,31,37)/t23-,25+,26-,28-/m1/s1. The van der Waals surface area contributed by atoms with Crippen LogP contribution >= 0.6 is 0 Å².